The summed E-state index contributed by atoms with van der Waals surface area (Å²) >= 11 is 30.0. The highest BCUT2D eigenvalue weighted by Gasteiger charge is 2.34. The quantitative estimate of drug-likeness (QED) is 0.123. The molecule has 0 fully saturated rings. The molecule has 0 spiro atoms. The SMILES string of the molecule is C=CCOC(=O)C(C(=O)Oc1c(Cl)c(Cl)c(Cl)c(Cl)c1Cl)c1ccccc1. The van der Waals surface area contributed by atoms with E-state index in [0.29, 0.717) is 5.56 Å². The Bertz CT molecular complexity index is 854. The molecule has 0 N–H and O–H groups in total. The highest BCUT2D eigenvalue weighted by molar-refractivity contribution is 6.55. The minimum absolute atomic E-state index is 0.0738. The van der Waals surface area contributed by atoms with Crippen molar-refractivity contribution in [3.8, 4) is 5.75 Å². The lowest BCUT2D eigenvalue weighted by Crippen LogP contribution is -2.28. The summed E-state index contributed by atoms with van der Waals surface area (Å²) in [5.74, 6) is -3.50. The highest BCUT2D eigenvalue weighted by atomic mass is 35.5. The van der Waals surface area contributed by atoms with E-state index in [4.69, 9.17) is 67.5 Å². The molecule has 0 saturated carbocycles. The van der Waals surface area contributed by atoms with Crippen molar-refractivity contribution in [2.24, 2.45) is 0 Å². The van der Waals surface area contributed by atoms with Gasteiger partial charge in [-0.2, -0.15) is 0 Å². The molecule has 1 unspecified atom stereocenters. The molecule has 1 atom stereocenters. The Morgan fingerprint density at radius 3 is 1.93 bits per heavy atom. The van der Waals surface area contributed by atoms with Crippen LogP contribution in [-0.4, -0.2) is 18.5 Å². The number of ether oxygens (including phenoxy) is 2. The van der Waals surface area contributed by atoms with E-state index in [2.05, 4.69) is 6.58 Å². The molecule has 9 heteroatoms. The third-order valence-electron chi connectivity index (χ3n) is 3.32. The predicted molar refractivity (Wildman–Crippen MR) is 107 cm³/mol. The zero-order valence-electron chi connectivity index (χ0n) is 13.5. The first-order valence-electron chi connectivity index (χ1n) is 7.35. The van der Waals surface area contributed by atoms with E-state index in [1.165, 1.54) is 6.08 Å². The molecule has 0 saturated heterocycles. The van der Waals surface area contributed by atoms with Crippen LogP contribution in [0, 0.1) is 0 Å². The summed E-state index contributed by atoms with van der Waals surface area (Å²) in [6.07, 6.45) is 1.37. The van der Waals surface area contributed by atoms with Crippen LogP contribution in [0.1, 0.15) is 11.5 Å². The van der Waals surface area contributed by atoms with Crippen LogP contribution in [0.15, 0.2) is 43.0 Å². The zero-order chi connectivity index (χ0) is 20.1. The van der Waals surface area contributed by atoms with E-state index >= 15 is 0 Å². The number of hydrogen-bond acceptors (Lipinski definition) is 4. The van der Waals surface area contributed by atoms with Crippen molar-refractivity contribution in [3.05, 3.63) is 73.7 Å². The van der Waals surface area contributed by atoms with Gasteiger partial charge in [0.25, 0.3) is 0 Å². The molecule has 27 heavy (non-hydrogen) atoms. The zero-order valence-corrected chi connectivity index (χ0v) is 17.3. The molecule has 0 radical (unpaired) electrons. The molecule has 0 aliphatic carbocycles. The molecule has 0 bridgehead atoms. The van der Waals surface area contributed by atoms with Crippen LogP contribution < -0.4 is 4.74 Å². The van der Waals surface area contributed by atoms with Crippen LogP contribution in [0.2, 0.25) is 25.1 Å². The smallest absolute Gasteiger partial charge is 0.330 e. The van der Waals surface area contributed by atoms with Crippen LogP contribution in [0.25, 0.3) is 0 Å². The summed E-state index contributed by atoms with van der Waals surface area (Å²) < 4.78 is 10.2. The average Bonchev–Trinajstić information content (AvgIpc) is 2.67. The highest BCUT2D eigenvalue weighted by Crippen LogP contribution is 2.48. The lowest BCUT2D eigenvalue weighted by Gasteiger charge is -2.17. The second-order valence-electron chi connectivity index (χ2n) is 5.08. The molecule has 0 aliphatic rings. The Morgan fingerprint density at radius 1 is 0.889 bits per heavy atom. The topological polar surface area (TPSA) is 52.6 Å². The summed E-state index contributed by atoms with van der Waals surface area (Å²) in [5.41, 5.74) is 0.356. The Hall–Kier alpha value is -1.43. The maximum atomic E-state index is 12.7. The molecular formula is C18H11Cl5O4. The van der Waals surface area contributed by atoms with Gasteiger partial charge in [-0.25, -0.2) is 0 Å². The van der Waals surface area contributed by atoms with E-state index < -0.39 is 17.9 Å². The Balaban J connectivity index is 2.43. The van der Waals surface area contributed by atoms with Crippen molar-refractivity contribution < 1.29 is 19.1 Å². The van der Waals surface area contributed by atoms with Crippen LogP contribution in [0.4, 0.5) is 0 Å². The van der Waals surface area contributed by atoms with Crippen LogP contribution in [0.5, 0.6) is 5.75 Å². The van der Waals surface area contributed by atoms with Crippen LogP contribution in [0.3, 0.4) is 0 Å². The first kappa shape index (κ1) is 21.9. The minimum Gasteiger partial charge on any atom is -0.461 e. The molecule has 0 aromatic heterocycles. The molecule has 4 nitrogen and oxygen atoms in total. The van der Waals surface area contributed by atoms with Gasteiger partial charge in [-0.05, 0) is 5.56 Å². The van der Waals surface area contributed by atoms with E-state index in [0.717, 1.165) is 0 Å². The first-order valence-corrected chi connectivity index (χ1v) is 9.24. The molecule has 2 aromatic carbocycles. The predicted octanol–water partition coefficient (Wildman–Crippen LogP) is 6.37. The van der Waals surface area contributed by atoms with Gasteiger partial charge < -0.3 is 9.47 Å². The van der Waals surface area contributed by atoms with Gasteiger partial charge in [0.2, 0.25) is 0 Å². The molecule has 142 valence electrons. The maximum absolute atomic E-state index is 12.7. The first-order chi connectivity index (χ1) is 12.8. The summed E-state index contributed by atoms with van der Waals surface area (Å²) in [4.78, 5) is 25.1. The summed E-state index contributed by atoms with van der Waals surface area (Å²) in [6.45, 7) is 3.38. The lowest BCUT2D eigenvalue weighted by molar-refractivity contribution is -0.152. The van der Waals surface area contributed by atoms with E-state index in [1.807, 2.05) is 0 Å². The number of hydrogen-bond donors (Lipinski definition) is 0. The van der Waals surface area contributed by atoms with Gasteiger partial charge >= 0.3 is 11.9 Å². The lowest BCUT2D eigenvalue weighted by atomic mass is 9.99. The fourth-order valence-corrected chi connectivity index (χ4v) is 3.27. The normalized spacial score (nSPS) is 11.6. The van der Waals surface area contributed by atoms with Gasteiger partial charge in [-0.3, -0.25) is 9.59 Å². The summed E-state index contributed by atoms with van der Waals surface area (Å²) in [5, 5.41) is -0.786. The number of carbonyl (C=O) groups excluding carboxylic acids is 2. The van der Waals surface area contributed by atoms with Crippen LogP contribution in [-0.2, 0) is 14.3 Å². The third kappa shape index (κ3) is 4.89. The van der Waals surface area contributed by atoms with Crippen molar-refractivity contribution in [2.45, 2.75) is 5.92 Å². The summed E-state index contributed by atoms with van der Waals surface area (Å²) in [6, 6.07) is 8.20. The standard InChI is InChI=1S/C18H11Cl5O4/c1-2-8-26-17(24)10(9-6-4-3-5-7-9)18(25)27-16-14(22)12(20)11(19)13(21)15(16)23/h2-7,10H,1,8H2. The second kappa shape index (κ2) is 9.67. The Morgan fingerprint density at radius 2 is 1.41 bits per heavy atom. The van der Waals surface area contributed by atoms with Crippen LogP contribution >= 0.6 is 58.0 Å². The van der Waals surface area contributed by atoms with Crippen molar-refractivity contribution in [3.63, 3.8) is 0 Å². The molecular weight excluding hydrogens is 457 g/mol. The van der Waals surface area contributed by atoms with Gasteiger partial charge in [0.05, 0.1) is 15.1 Å². The molecule has 2 rings (SSSR count). The molecule has 0 heterocycles. The van der Waals surface area contributed by atoms with Gasteiger partial charge in [-0.1, -0.05) is 101 Å². The van der Waals surface area contributed by atoms with Gasteiger partial charge in [0, 0.05) is 0 Å². The Labute approximate surface area is 180 Å². The molecule has 0 aliphatic heterocycles. The van der Waals surface area contributed by atoms with Crippen molar-refractivity contribution >= 4 is 69.9 Å². The van der Waals surface area contributed by atoms with E-state index in [9.17, 15) is 9.59 Å². The largest absolute Gasteiger partial charge is 0.461 e. The fourth-order valence-electron chi connectivity index (χ4n) is 2.07. The third-order valence-corrected chi connectivity index (χ3v) is 5.56. The minimum atomic E-state index is -1.38. The number of rotatable bonds is 6. The van der Waals surface area contributed by atoms with Crippen molar-refractivity contribution in [1.29, 1.82) is 0 Å². The van der Waals surface area contributed by atoms with Gasteiger partial charge in [0.1, 0.15) is 16.7 Å². The summed E-state index contributed by atoms with van der Waals surface area (Å²) in [7, 11) is 0. The molecule has 0 amide bonds. The number of carbonyl (C=O) groups is 2. The van der Waals surface area contributed by atoms with Gasteiger partial charge in [0.15, 0.2) is 11.7 Å². The van der Waals surface area contributed by atoms with E-state index in [-0.39, 0.29) is 37.5 Å². The number of benzene rings is 2. The van der Waals surface area contributed by atoms with Crippen molar-refractivity contribution in [1.82, 2.24) is 0 Å². The number of halogens is 5. The number of esters is 2. The molecule has 2 aromatic rings. The monoisotopic (exact) mass is 466 g/mol. The average molecular weight is 469 g/mol. The second-order valence-corrected chi connectivity index (χ2v) is 6.97. The van der Waals surface area contributed by atoms with E-state index in [1.54, 1.807) is 30.3 Å². The fraction of sp³-hybridized carbons (Fsp3) is 0.111. The maximum Gasteiger partial charge on any atom is 0.330 e. The Kier molecular flexibility index (Phi) is 7.83. The van der Waals surface area contributed by atoms with Crippen molar-refractivity contribution in [2.75, 3.05) is 6.61 Å². The van der Waals surface area contributed by atoms with Gasteiger partial charge in [-0.15, -0.1) is 0 Å².